The van der Waals surface area contributed by atoms with Crippen LogP contribution in [0.5, 0.6) is 0 Å². The second-order valence-corrected chi connectivity index (χ2v) is 8.00. The van der Waals surface area contributed by atoms with Crippen LogP contribution in [0.2, 0.25) is 0 Å². The van der Waals surface area contributed by atoms with E-state index in [1.165, 1.54) is 11.1 Å². The number of hydrogen-bond acceptors (Lipinski definition) is 6. The second kappa shape index (κ2) is 7.59. The predicted molar refractivity (Wildman–Crippen MR) is 110 cm³/mol. The van der Waals surface area contributed by atoms with Crippen LogP contribution in [0.4, 0.5) is 0 Å². The van der Waals surface area contributed by atoms with Crippen molar-refractivity contribution < 1.29 is 4.42 Å². The van der Waals surface area contributed by atoms with Crippen LogP contribution in [0.3, 0.4) is 0 Å². The van der Waals surface area contributed by atoms with Crippen LogP contribution in [0.15, 0.2) is 58.1 Å². The van der Waals surface area contributed by atoms with E-state index in [1.807, 2.05) is 37.3 Å². The number of nitrogens with zero attached hydrogens (tertiary/aromatic N) is 5. The van der Waals surface area contributed by atoms with Crippen LogP contribution in [-0.2, 0) is 0 Å². The van der Waals surface area contributed by atoms with Gasteiger partial charge in [0.1, 0.15) is 0 Å². The molecule has 4 aromatic rings. The largest absolute Gasteiger partial charge is 0.424 e. The minimum absolute atomic E-state index is 0.0423. The van der Waals surface area contributed by atoms with Gasteiger partial charge >= 0.3 is 0 Å². The summed E-state index contributed by atoms with van der Waals surface area (Å²) in [5, 5.41) is 17.8. The molecule has 7 heteroatoms. The van der Waals surface area contributed by atoms with Gasteiger partial charge in [-0.1, -0.05) is 48.2 Å². The van der Waals surface area contributed by atoms with Crippen LogP contribution < -0.4 is 0 Å². The maximum Gasteiger partial charge on any atom is 0.229 e. The monoisotopic (exact) mass is 391 g/mol. The predicted octanol–water partition coefficient (Wildman–Crippen LogP) is 5.10. The first kappa shape index (κ1) is 18.4. The van der Waals surface area contributed by atoms with Gasteiger partial charge in [0.15, 0.2) is 11.0 Å². The summed E-state index contributed by atoms with van der Waals surface area (Å²) in [5.74, 6) is 1.95. The van der Waals surface area contributed by atoms with E-state index in [0.29, 0.717) is 11.8 Å². The van der Waals surface area contributed by atoms with Gasteiger partial charge in [0.2, 0.25) is 11.8 Å². The molecule has 0 N–H and O–H groups in total. The SMILES string of the molecule is Cc1nnc(C(C)Sc2nnc(-c3ccccc3)n2-c2ccc(C)c(C)c2)o1. The third-order valence-electron chi connectivity index (χ3n) is 4.59. The van der Waals surface area contributed by atoms with E-state index in [9.17, 15) is 0 Å². The third kappa shape index (κ3) is 3.57. The molecule has 142 valence electrons. The normalized spacial score (nSPS) is 12.3. The maximum absolute atomic E-state index is 5.59. The molecule has 2 aromatic carbocycles. The summed E-state index contributed by atoms with van der Waals surface area (Å²) in [6, 6.07) is 16.5. The fourth-order valence-corrected chi connectivity index (χ4v) is 3.80. The van der Waals surface area contributed by atoms with E-state index < -0.39 is 0 Å². The molecule has 0 aliphatic heterocycles. The smallest absolute Gasteiger partial charge is 0.229 e. The van der Waals surface area contributed by atoms with E-state index in [0.717, 1.165) is 22.2 Å². The van der Waals surface area contributed by atoms with Crippen LogP contribution in [-0.4, -0.2) is 25.0 Å². The van der Waals surface area contributed by atoms with Gasteiger partial charge in [-0.25, -0.2) is 0 Å². The highest BCUT2D eigenvalue weighted by Gasteiger charge is 2.21. The van der Waals surface area contributed by atoms with Crippen molar-refractivity contribution in [3.05, 3.63) is 71.4 Å². The molecule has 0 spiro atoms. The lowest BCUT2D eigenvalue weighted by molar-refractivity contribution is 0.470. The van der Waals surface area contributed by atoms with Gasteiger partial charge in [-0.15, -0.1) is 20.4 Å². The zero-order valence-corrected chi connectivity index (χ0v) is 17.1. The standard InChI is InChI=1S/C21H21N5OS/c1-13-10-11-18(12-14(13)2)26-19(17-8-6-5-7-9-17)23-25-21(26)28-15(3)20-24-22-16(4)27-20/h5-12,15H,1-4H3. The zero-order chi connectivity index (χ0) is 19.7. The molecule has 0 aliphatic carbocycles. The number of aromatic nitrogens is 5. The van der Waals surface area contributed by atoms with Crippen molar-refractivity contribution in [2.24, 2.45) is 0 Å². The number of benzene rings is 2. The van der Waals surface area contributed by atoms with Gasteiger partial charge in [-0.3, -0.25) is 4.57 Å². The first-order valence-electron chi connectivity index (χ1n) is 9.08. The number of hydrogen-bond donors (Lipinski definition) is 0. The topological polar surface area (TPSA) is 69.6 Å². The van der Waals surface area contributed by atoms with Crippen molar-refractivity contribution in [2.45, 2.75) is 38.1 Å². The molecule has 0 amide bonds. The number of thioether (sulfide) groups is 1. The quantitative estimate of drug-likeness (QED) is 0.441. The Bertz CT molecular complexity index is 1100. The van der Waals surface area contributed by atoms with E-state index in [-0.39, 0.29) is 5.25 Å². The third-order valence-corrected chi connectivity index (χ3v) is 5.62. The van der Waals surface area contributed by atoms with Gasteiger partial charge in [0.05, 0.1) is 10.9 Å². The van der Waals surface area contributed by atoms with Crippen molar-refractivity contribution in [3.63, 3.8) is 0 Å². The fraction of sp³-hybridized carbons (Fsp3) is 0.238. The summed E-state index contributed by atoms with van der Waals surface area (Å²) >= 11 is 1.55. The Labute approximate surface area is 168 Å². The van der Waals surface area contributed by atoms with Gasteiger partial charge in [0, 0.05) is 12.5 Å². The Kier molecular flexibility index (Phi) is 5.00. The van der Waals surface area contributed by atoms with Gasteiger partial charge in [-0.2, -0.15) is 0 Å². The highest BCUT2D eigenvalue weighted by atomic mass is 32.2. The summed E-state index contributed by atoms with van der Waals surface area (Å²) in [4.78, 5) is 0. The van der Waals surface area contributed by atoms with Crippen molar-refractivity contribution >= 4 is 11.8 Å². The van der Waals surface area contributed by atoms with E-state index >= 15 is 0 Å². The number of aryl methyl sites for hydroxylation is 3. The molecule has 2 heterocycles. The van der Waals surface area contributed by atoms with Crippen molar-refractivity contribution in [3.8, 4) is 17.1 Å². The first-order chi connectivity index (χ1) is 13.5. The average molecular weight is 392 g/mol. The van der Waals surface area contributed by atoms with Gasteiger partial charge < -0.3 is 4.42 Å². The van der Waals surface area contributed by atoms with Crippen molar-refractivity contribution in [2.75, 3.05) is 0 Å². The van der Waals surface area contributed by atoms with Gasteiger partial charge in [0.25, 0.3) is 0 Å². The lowest BCUT2D eigenvalue weighted by Crippen LogP contribution is -2.02. The molecule has 28 heavy (non-hydrogen) atoms. The first-order valence-corrected chi connectivity index (χ1v) is 9.96. The van der Waals surface area contributed by atoms with Crippen molar-refractivity contribution in [1.29, 1.82) is 0 Å². The van der Waals surface area contributed by atoms with Crippen molar-refractivity contribution in [1.82, 2.24) is 25.0 Å². The Hall–Kier alpha value is -2.93. The average Bonchev–Trinajstić information content (AvgIpc) is 3.31. The molecule has 1 unspecified atom stereocenters. The summed E-state index contributed by atoms with van der Waals surface area (Å²) in [6.45, 7) is 8.04. The van der Waals surface area contributed by atoms with E-state index in [2.05, 4.69) is 57.0 Å². The lowest BCUT2D eigenvalue weighted by atomic mass is 10.1. The molecule has 0 saturated heterocycles. The van der Waals surface area contributed by atoms with E-state index in [4.69, 9.17) is 4.42 Å². The summed E-state index contributed by atoms with van der Waals surface area (Å²) in [5.41, 5.74) is 4.52. The highest BCUT2D eigenvalue weighted by Crippen LogP contribution is 2.36. The maximum atomic E-state index is 5.59. The minimum Gasteiger partial charge on any atom is -0.424 e. The Morgan fingerprint density at radius 2 is 1.68 bits per heavy atom. The second-order valence-electron chi connectivity index (χ2n) is 6.70. The summed E-state index contributed by atoms with van der Waals surface area (Å²) in [6.07, 6.45) is 0. The van der Waals surface area contributed by atoms with Crippen LogP contribution in [0, 0.1) is 20.8 Å². The molecule has 2 aromatic heterocycles. The molecule has 0 bridgehead atoms. The lowest BCUT2D eigenvalue weighted by Gasteiger charge is -2.13. The summed E-state index contributed by atoms with van der Waals surface area (Å²) in [7, 11) is 0. The molecular formula is C21H21N5OS. The Morgan fingerprint density at radius 1 is 0.893 bits per heavy atom. The number of rotatable bonds is 5. The van der Waals surface area contributed by atoms with E-state index in [1.54, 1.807) is 18.7 Å². The molecule has 4 rings (SSSR count). The van der Waals surface area contributed by atoms with Crippen LogP contribution in [0.25, 0.3) is 17.1 Å². The molecule has 0 fully saturated rings. The van der Waals surface area contributed by atoms with Crippen LogP contribution >= 0.6 is 11.8 Å². The molecular weight excluding hydrogens is 370 g/mol. The zero-order valence-electron chi connectivity index (χ0n) is 16.2. The molecule has 1 atom stereocenters. The molecule has 0 aliphatic rings. The van der Waals surface area contributed by atoms with Gasteiger partial charge in [-0.05, 0) is 44.0 Å². The molecule has 6 nitrogen and oxygen atoms in total. The Morgan fingerprint density at radius 3 is 2.36 bits per heavy atom. The highest BCUT2D eigenvalue weighted by molar-refractivity contribution is 7.99. The molecule has 0 radical (unpaired) electrons. The van der Waals surface area contributed by atoms with Crippen LogP contribution in [0.1, 0.15) is 35.1 Å². The minimum atomic E-state index is -0.0423. The molecule has 0 saturated carbocycles. The Balaban J connectivity index is 1.80. The summed E-state index contributed by atoms with van der Waals surface area (Å²) < 4.78 is 7.68. The fourth-order valence-electron chi connectivity index (χ4n) is 2.90.